The summed E-state index contributed by atoms with van der Waals surface area (Å²) in [5.74, 6) is -0.0446. The first-order valence-corrected chi connectivity index (χ1v) is 7.63. The van der Waals surface area contributed by atoms with Gasteiger partial charge in [0.1, 0.15) is 0 Å². The fraction of sp³-hybridized carbons (Fsp3) is 0.933. The summed E-state index contributed by atoms with van der Waals surface area (Å²) in [4.78, 5) is 13.3. The second-order valence-electron chi connectivity index (χ2n) is 5.67. The van der Waals surface area contributed by atoms with E-state index in [-0.39, 0.29) is 0 Å². The predicted octanol–water partition coefficient (Wildman–Crippen LogP) is 3.53. The topological polar surface area (TPSA) is 40.5 Å². The zero-order valence-electron chi connectivity index (χ0n) is 12.0. The van der Waals surface area contributed by atoms with Gasteiger partial charge in [-0.1, -0.05) is 26.7 Å². The fourth-order valence-electron chi connectivity index (χ4n) is 3.17. The van der Waals surface area contributed by atoms with Crippen molar-refractivity contribution in [1.29, 1.82) is 0 Å². The summed E-state index contributed by atoms with van der Waals surface area (Å²) in [6.07, 6.45) is 8.74. The lowest BCUT2D eigenvalue weighted by molar-refractivity contribution is -0.137. The van der Waals surface area contributed by atoms with E-state index in [9.17, 15) is 4.79 Å². The molecule has 0 aliphatic carbocycles. The Balaban J connectivity index is 2.42. The normalized spacial score (nSPS) is 21.4. The second-order valence-corrected chi connectivity index (χ2v) is 5.67. The summed E-state index contributed by atoms with van der Waals surface area (Å²) in [6.45, 7) is 6.86. The maximum atomic E-state index is 10.6. The van der Waals surface area contributed by atoms with Crippen molar-refractivity contribution < 1.29 is 9.90 Å². The van der Waals surface area contributed by atoms with E-state index in [1.807, 2.05) is 0 Å². The Kier molecular flexibility index (Phi) is 7.33. The molecule has 0 bridgehead atoms. The minimum absolute atomic E-state index is 0.338. The SMILES string of the molecule is CCCC(CCC)N1CCCC(CCC(=O)O)C1. The molecule has 18 heavy (non-hydrogen) atoms. The van der Waals surface area contributed by atoms with Crippen LogP contribution in [0.1, 0.15) is 65.2 Å². The van der Waals surface area contributed by atoms with E-state index in [1.54, 1.807) is 0 Å². The largest absolute Gasteiger partial charge is 0.481 e. The van der Waals surface area contributed by atoms with E-state index in [2.05, 4.69) is 18.7 Å². The van der Waals surface area contributed by atoms with Crippen molar-refractivity contribution in [2.24, 2.45) is 5.92 Å². The number of carboxylic acids is 1. The molecule has 1 atom stereocenters. The van der Waals surface area contributed by atoms with Gasteiger partial charge in [0, 0.05) is 19.0 Å². The van der Waals surface area contributed by atoms with Crippen molar-refractivity contribution in [3.05, 3.63) is 0 Å². The number of aliphatic carboxylic acids is 1. The Morgan fingerprint density at radius 2 is 2.00 bits per heavy atom. The highest BCUT2D eigenvalue weighted by molar-refractivity contribution is 5.66. The lowest BCUT2D eigenvalue weighted by Gasteiger charge is -2.38. The Hall–Kier alpha value is -0.570. The highest BCUT2D eigenvalue weighted by atomic mass is 16.4. The van der Waals surface area contributed by atoms with Gasteiger partial charge in [0.25, 0.3) is 0 Å². The molecule has 1 fully saturated rings. The number of rotatable bonds is 8. The molecule has 106 valence electrons. The van der Waals surface area contributed by atoms with Crippen molar-refractivity contribution in [2.75, 3.05) is 13.1 Å². The molecule has 0 aromatic heterocycles. The van der Waals surface area contributed by atoms with Crippen LogP contribution in [0.3, 0.4) is 0 Å². The van der Waals surface area contributed by atoms with Gasteiger partial charge in [-0.25, -0.2) is 0 Å². The van der Waals surface area contributed by atoms with Crippen LogP contribution in [0.2, 0.25) is 0 Å². The lowest BCUT2D eigenvalue weighted by Crippen LogP contribution is -2.42. The zero-order valence-corrected chi connectivity index (χ0v) is 12.0. The molecule has 0 aromatic rings. The van der Waals surface area contributed by atoms with Crippen molar-refractivity contribution in [3.63, 3.8) is 0 Å². The maximum absolute atomic E-state index is 10.6. The number of nitrogens with zero attached hydrogens (tertiary/aromatic N) is 1. The third-order valence-corrected chi connectivity index (χ3v) is 4.08. The molecule has 1 unspecified atom stereocenters. The molecule has 1 aliphatic rings. The maximum Gasteiger partial charge on any atom is 0.303 e. The van der Waals surface area contributed by atoms with Crippen LogP contribution >= 0.6 is 0 Å². The molecule has 0 radical (unpaired) electrons. The smallest absolute Gasteiger partial charge is 0.303 e. The van der Waals surface area contributed by atoms with Crippen LogP contribution in [0.5, 0.6) is 0 Å². The monoisotopic (exact) mass is 255 g/mol. The van der Waals surface area contributed by atoms with Gasteiger partial charge in [0.2, 0.25) is 0 Å². The number of likely N-dealkylation sites (tertiary alicyclic amines) is 1. The van der Waals surface area contributed by atoms with Crippen LogP contribution in [-0.2, 0) is 4.79 Å². The second kappa shape index (κ2) is 8.52. The average Bonchev–Trinajstić information content (AvgIpc) is 2.36. The van der Waals surface area contributed by atoms with Gasteiger partial charge in [0.15, 0.2) is 0 Å². The molecular formula is C15H29NO2. The Morgan fingerprint density at radius 1 is 1.33 bits per heavy atom. The van der Waals surface area contributed by atoms with Crippen molar-refractivity contribution in [2.45, 2.75) is 71.3 Å². The van der Waals surface area contributed by atoms with E-state index in [4.69, 9.17) is 5.11 Å². The molecule has 0 aromatic carbocycles. The standard InChI is InChI=1S/C15H29NO2/c1-3-6-14(7-4-2)16-11-5-8-13(12-16)9-10-15(17)18/h13-14H,3-12H2,1-2H3,(H,17,18). The van der Waals surface area contributed by atoms with Gasteiger partial charge < -0.3 is 10.0 Å². The molecule has 0 spiro atoms. The number of hydrogen-bond donors (Lipinski definition) is 1. The molecule has 1 aliphatic heterocycles. The minimum atomic E-state index is -0.647. The molecule has 1 N–H and O–H groups in total. The number of carbonyl (C=O) groups is 1. The van der Waals surface area contributed by atoms with Gasteiger partial charge in [-0.15, -0.1) is 0 Å². The highest BCUT2D eigenvalue weighted by Gasteiger charge is 2.25. The van der Waals surface area contributed by atoms with Gasteiger partial charge >= 0.3 is 5.97 Å². The number of hydrogen-bond acceptors (Lipinski definition) is 2. The van der Waals surface area contributed by atoms with Crippen molar-refractivity contribution >= 4 is 5.97 Å². The summed E-state index contributed by atoms with van der Waals surface area (Å²) in [5.41, 5.74) is 0. The summed E-state index contributed by atoms with van der Waals surface area (Å²) in [5, 5.41) is 8.77. The van der Waals surface area contributed by atoms with Crippen LogP contribution in [0.15, 0.2) is 0 Å². The molecule has 0 saturated carbocycles. The zero-order chi connectivity index (χ0) is 13.4. The van der Waals surface area contributed by atoms with Crippen LogP contribution in [0.4, 0.5) is 0 Å². The van der Waals surface area contributed by atoms with E-state index >= 15 is 0 Å². The van der Waals surface area contributed by atoms with Crippen LogP contribution in [0.25, 0.3) is 0 Å². The Labute approximate surface area is 112 Å². The number of piperidine rings is 1. The fourth-order valence-corrected chi connectivity index (χ4v) is 3.17. The van der Waals surface area contributed by atoms with Crippen molar-refractivity contribution in [3.8, 4) is 0 Å². The summed E-state index contributed by atoms with van der Waals surface area (Å²) in [7, 11) is 0. The van der Waals surface area contributed by atoms with Gasteiger partial charge in [-0.05, 0) is 44.6 Å². The molecule has 3 nitrogen and oxygen atoms in total. The first kappa shape index (κ1) is 15.5. The van der Waals surface area contributed by atoms with E-state index in [0.29, 0.717) is 12.3 Å². The Morgan fingerprint density at radius 3 is 2.56 bits per heavy atom. The average molecular weight is 255 g/mol. The molecular weight excluding hydrogens is 226 g/mol. The first-order chi connectivity index (χ1) is 8.67. The van der Waals surface area contributed by atoms with E-state index in [0.717, 1.165) is 19.0 Å². The summed E-state index contributed by atoms with van der Waals surface area (Å²) >= 11 is 0. The van der Waals surface area contributed by atoms with Crippen LogP contribution < -0.4 is 0 Å². The van der Waals surface area contributed by atoms with Gasteiger partial charge in [-0.3, -0.25) is 4.79 Å². The highest BCUT2D eigenvalue weighted by Crippen LogP contribution is 2.25. The van der Waals surface area contributed by atoms with Gasteiger partial charge in [-0.2, -0.15) is 0 Å². The third-order valence-electron chi connectivity index (χ3n) is 4.08. The van der Waals surface area contributed by atoms with E-state index in [1.165, 1.54) is 45.1 Å². The minimum Gasteiger partial charge on any atom is -0.481 e. The molecule has 3 heteroatoms. The summed E-state index contributed by atoms with van der Waals surface area (Å²) < 4.78 is 0. The van der Waals surface area contributed by atoms with Gasteiger partial charge in [0.05, 0.1) is 0 Å². The molecule has 1 heterocycles. The number of carboxylic acid groups (broad SMARTS) is 1. The molecule has 0 amide bonds. The third kappa shape index (κ3) is 5.38. The summed E-state index contributed by atoms with van der Waals surface area (Å²) in [6, 6.07) is 0.729. The van der Waals surface area contributed by atoms with Crippen LogP contribution in [-0.4, -0.2) is 35.1 Å². The van der Waals surface area contributed by atoms with Crippen LogP contribution in [0, 0.1) is 5.92 Å². The molecule has 1 saturated heterocycles. The van der Waals surface area contributed by atoms with Crippen molar-refractivity contribution in [1.82, 2.24) is 4.90 Å². The van der Waals surface area contributed by atoms with E-state index < -0.39 is 5.97 Å². The Bertz CT molecular complexity index is 237. The first-order valence-electron chi connectivity index (χ1n) is 7.63. The quantitative estimate of drug-likeness (QED) is 0.721. The predicted molar refractivity (Wildman–Crippen MR) is 74.8 cm³/mol. The lowest BCUT2D eigenvalue weighted by atomic mass is 9.91. The molecule has 1 rings (SSSR count).